The number of pyridine rings is 2. The molecule has 0 aromatic carbocycles. The van der Waals surface area contributed by atoms with Crippen molar-refractivity contribution in [1.82, 2.24) is 9.97 Å². The zero-order valence-electron chi connectivity index (χ0n) is 17.7. The maximum Gasteiger partial charge on any atom is 2.00 e. The molecule has 17 heteroatoms. The number of aliphatic carboxylic acids is 2. The molecule has 4 heterocycles. The number of hydrogen-bond donors (Lipinski definition) is 0. The Bertz CT molecular complexity index is 1180. The summed E-state index contributed by atoms with van der Waals surface area (Å²) in [5, 5.41) is 33.5. The molecule has 4 rings (SSSR count). The Labute approximate surface area is 215 Å². The molecule has 0 fully saturated rings. The van der Waals surface area contributed by atoms with Gasteiger partial charge in [0.25, 0.3) is 0 Å². The summed E-state index contributed by atoms with van der Waals surface area (Å²) in [6.07, 6.45) is -6.76. The van der Waals surface area contributed by atoms with Crippen molar-refractivity contribution < 1.29 is 65.9 Å². The van der Waals surface area contributed by atoms with Crippen molar-refractivity contribution >= 4 is 23.3 Å². The van der Waals surface area contributed by atoms with E-state index in [9.17, 15) is 46.1 Å². The van der Waals surface area contributed by atoms with Gasteiger partial charge in [-0.2, -0.15) is 46.8 Å². The second kappa shape index (κ2) is 10.6. The van der Waals surface area contributed by atoms with E-state index in [1.165, 1.54) is 36.7 Å². The van der Waals surface area contributed by atoms with E-state index < -0.39 is 35.4 Å². The van der Waals surface area contributed by atoms with Gasteiger partial charge in [-0.1, -0.05) is 12.1 Å². The minimum Gasteiger partial charge on any atom is -0.547 e. The minimum absolute atomic E-state index is 0. The molecule has 0 saturated heterocycles. The van der Waals surface area contributed by atoms with Gasteiger partial charge in [0, 0.05) is 12.4 Å². The molecule has 2 atom stereocenters. The summed E-state index contributed by atoms with van der Waals surface area (Å²) in [6, 6.07) is 8.98. The molecule has 194 valence electrons. The maximum atomic E-state index is 12.7. The number of carbonyl (C=O) groups is 2. The number of carbonyl (C=O) groups excluding carboxylic acids is 2. The van der Waals surface area contributed by atoms with Crippen LogP contribution in [0.3, 0.4) is 0 Å². The standard InChI is InChI=1S/2C10H6F3N3O2.Os/c2*11-10(12,13)9(8(17)18)5-7(15-16-9)6-3-1-2-4-14-6;/h2*1-5H,(H,17,18);/q;;+2/p-2. The minimum atomic E-state index is -5.12. The molecular formula is C20H10F6N6O4Os. The van der Waals surface area contributed by atoms with E-state index in [4.69, 9.17) is 0 Å². The molecule has 0 radical (unpaired) electrons. The van der Waals surface area contributed by atoms with Crippen LogP contribution in [0.4, 0.5) is 26.3 Å². The van der Waals surface area contributed by atoms with Gasteiger partial charge in [-0.3, -0.25) is 9.97 Å². The van der Waals surface area contributed by atoms with E-state index in [0.717, 1.165) is 0 Å². The summed E-state index contributed by atoms with van der Waals surface area (Å²) in [6.45, 7) is 0. The molecule has 0 bridgehead atoms. The van der Waals surface area contributed by atoms with E-state index in [-0.39, 0.29) is 42.6 Å². The Hall–Kier alpha value is -3.86. The Kier molecular flexibility index (Phi) is 8.44. The van der Waals surface area contributed by atoms with Crippen LogP contribution in [0.25, 0.3) is 11.4 Å². The van der Waals surface area contributed by atoms with Crippen LogP contribution in [0.5, 0.6) is 0 Å². The van der Waals surface area contributed by atoms with Gasteiger partial charge in [-0.25, -0.2) is 0 Å². The third kappa shape index (κ3) is 5.61. The first-order chi connectivity index (χ1) is 16.7. The molecule has 10 nitrogen and oxygen atoms in total. The normalized spacial score (nSPS) is 22.3. The number of carboxylic acids is 2. The average molecular weight is 703 g/mol. The first kappa shape index (κ1) is 29.4. The van der Waals surface area contributed by atoms with Crippen LogP contribution in [0.2, 0.25) is 0 Å². The van der Waals surface area contributed by atoms with E-state index in [2.05, 4.69) is 30.4 Å². The summed E-state index contributed by atoms with van der Waals surface area (Å²) in [7, 11) is 0. The molecule has 2 aliphatic heterocycles. The van der Waals surface area contributed by atoms with Crippen molar-refractivity contribution in [2.45, 2.75) is 23.4 Å². The van der Waals surface area contributed by atoms with Crippen LogP contribution >= 0.6 is 0 Å². The van der Waals surface area contributed by atoms with Gasteiger partial charge in [0.2, 0.25) is 11.1 Å². The topological polar surface area (TPSA) is 155 Å². The fourth-order valence-corrected chi connectivity index (χ4v) is 2.76. The van der Waals surface area contributed by atoms with Crippen molar-refractivity contribution in [3.63, 3.8) is 0 Å². The van der Waals surface area contributed by atoms with E-state index in [1.807, 2.05) is 0 Å². The van der Waals surface area contributed by atoms with E-state index in [0.29, 0.717) is 12.2 Å². The molecule has 0 amide bonds. The van der Waals surface area contributed by atoms with Gasteiger partial charge in [-0.15, -0.1) is 0 Å². The largest absolute Gasteiger partial charge is 2.00 e. The molecule has 0 saturated carbocycles. The number of alkyl halides is 6. The summed E-state index contributed by atoms with van der Waals surface area (Å²) in [5.74, 6) is -4.74. The number of rotatable bonds is 4. The Balaban J connectivity index is 0.000000253. The second-order valence-corrected chi connectivity index (χ2v) is 6.99. The van der Waals surface area contributed by atoms with E-state index in [1.54, 1.807) is 12.1 Å². The average Bonchev–Trinajstić information content (AvgIpc) is 3.47. The molecule has 2 aliphatic rings. The predicted molar refractivity (Wildman–Crippen MR) is 102 cm³/mol. The smallest absolute Gasteiger partial charge is 0.547 e. The SMILES string of the molecule is O=C([O-])C1(C(F)(F)F)C=C(c2ccccn2)N=N1.O=C([O-])C1(C(F)(F)F)C=C(c2ccccn2)N=N1.[Os+2]. The monoisotopic (exact) mass is 704 g/mol. The fourth-order valence-electron chi connectivity index (χ4n) is 2.76. The second-order valence-electron chi connectivity index (χ2n) is 6.99. The first-order valence-electron chi connectivity index (χ1n) is 9.44. The number of carboxylic acid groups (broad SMARTS) is 2. The maximum absolute atomic E-state index is 12.7. The molecule has 0 N–H and O–H groups in total. The van der Waals surface area contributed by atoms with Crippen molar-refractivity contribution in [3.05, 3.63) is 72.3 Å². The van der Waals surface area contributed by atoms with Crippen LogP contribution < -0.4 is 10.2 Å². The Morgan fingerprint density at radius 3 is 1.24 bits per heavy atom. The van der Waals surface area contributed by atoms with Gasteiger partial charge >= 0.3 is 32.1 Å². The Morgan fingerprint density at radius 2 is 1.03 bits per heavy atom. The molecule has 2 aromatic heterocycles. The zero-order chi connectivity index (χ0) is 26.8. The summed E-state index contributed by atoms with van der Waals surface area (Å²) >= 11 is 0. The van der Waals surface area contributed by atoms with Gasteiger partial charge in [0.15, 0.2) is 0 Å². The quantitative estimate of drug-likeness (QED) is 0.444. The summed E-state index contributed by atoms with van der Waals surface area (Å²) in [4.78, 5) is 28.9. The van der Waals surface area contributed by atoms with Gasteiger partial charge < -0.3 is 19.8 Å². The van der Waals surface area contributed by atoms with Crippen molar-refractivity contribution in [3.8, 4) is 0 Å². The number of halogens is 6. The van der Waals surface area contributed by atoms with E-state index >= 15 is 0 Å². The Morgan fingerprint density at radius 1 is 0.676 bits per heavy atom. The van der Waals surface area contributed by atoms with Crippen LogP contribution in [0.1, 0.15) is 11.4 Å². The summed E-state index contributed by atoms with van der Waals surface area (Å²) in [5.41, 5.74) is -7.16. The van der Waals surface area contributed by atoms with Crippen LogP contribution in [0.15, 0.2) is 81.4 Å². The molecule has 0 spiro atoms. The molecule has 0 aliphatic carbocycles. The predicted octanol–water partition coefficient (Wildman–Crippen LogP) is 1.88. The van der Waals surface area contributed by atoms with Crippen LogP contribution in [-0.4, -0.2) is 45.3 Å². The van der Waals surface area contributed by atoms with Crippen molar-refractivity contribution in [1.29, 1.82) is 0 Å². The fraction of sp³-hybridized carbons (Fsp3) is 0.200. The molecule has 2 aromatic rings. The van der Waals surface area contributed by atoms with Gasteiger partial charge in [0.05, 0.1) is 23.3 Å². The molecular weight excluding hydrogens is 692 g/mol. The molecule has 2 unspecified atom stereocenters. The third-order valence-electron chi connectivity index (χ3n) is 4.66. The molecule has 37 heavy (non-hydrogen) atoms. The van der Waals surface area contributed by atoms with Crippen molar-refractivity contribution in [2.75, 3.05) is 0 Å². The van der Waals surface area contributed by atoms with Crippen LogP contribution in [0, 0.1) is 0 Å². The third-order valence-corrected chi connectivity index (χ3v) is 4.66. The van der Waals surface area contributed by atoms with Gasteiger partial charge in [-0.05, 0) is 36.4 Å². The van der Waals surface area contributed by atoms with Gasteiger partial charge in [0.1, 0.15) is 11.4 Å². The zero-order valence-corrected chi connectivity index (χ0v) is 20.3. The number of azo groups is 2. The first-order valence-corrected chi connectivity index (χ1v) is 9.44. The number of hydrogen-bond acceptors (Lipinski definition) is 10. The van der Waals surface area contributed by atoms with Crippen molar-refractivity contribution in [2.24, 2.45) is 20.5 Å². The number of aromatic nitrogens is 2. The number of nitrogens with zero attached hydrogens (tertiary/aromatic N) is 6. The summed E-state index contributed by atoms with van der Waals surface area (Å²) < 4.78 is 76.3. The van der Waals surface area contributed by atoms with Crippen LogP contribution in [-0.2, 0) is 29.4 Å².